The van der Waals surface area contributed by atoms with Gasteiger partial charge in [0.2, 0.25) is 0 Å². The van der Waals surface area contributed by atoms with Crippen molar-refractivity contribution < 1.29 is 9.84 Å². The topological polar surface area (TPSA) is 68.4 Å². The van der Waals surface area contributed by atoms with Crippen molar-refractivity contribution >= 4 is 5.82 Å². The Balaban J connectivity index is 2.28. The molecule has 1 saturated heterocycles. The number of pyridine rings is 1. The van der Waals surface area contributed by atoms with Gasteiger partial charge in [0.1, 0.15) is 5.82 Å². The Kier molecular flexibility index (Phi) is 2.39. The standard InChI is InChI=1S/C10H14N2O2/c11-9-7-8(1-4-12-9)10(13)2-5-14-6-3-10/h1,4,7,13H,2-3,5-6H2,(H2,11,12). The fourth-order valence-electron chi connectivity index (χ4n) is 1.74. The Morgan fingerprint density at radius 1 is 1.43 bits per heavy atom. The van der Waals surface area contributed by atoms with E-state index >= 15 is 0 Å². The SMILES string of the molecule is Nc1cc(C2(O)CCOCC2)ccn1. The van der Waals surface area contributed by atoms with E-state index in [1.807, 2.05) is 6.07 Å². The van der Waals surface area contributed by atoms with E-state index in [0.717, 1.165) is 5.56 Å². The molecule has 4 heteroatoms. The van der Waals surface area contributed by atoms with Crippen molar-refractivity contribution in [1.29, 1.82) is 0 Å². The Morgan fingerprint density at radius 2 is 2.14 bits per heavy atom. The molecule has 76 valence electrons. The molecule has 1 aromatic heterocycles. The van der Waals surface area contributed by atoms with Gasteiger partial charge >= 0.3 is 0 Å². The molecule has 0 aromatic carbocycles. The van der Waals surface area contributed by atoms with E-state index in [0.29, 0.717) is 31.9 Å². The number of nitrogen functional groups attached to an aromatic ring is 1. The van der Waals surface area contributed by atoms with Gasteiger partial charge in [-0.3, -0.25) is 0 Å². The number of hydrogen-bond donors (Lipinski definition) is 2. The molecule has 0 radical (unpaired) electrons. The fraction of sp³-hybridized carbons (Fsp3) is 0.500. The van der Waals surface area contributed by atoms with Crippen LogP contribution in [0.5, 0.6) is 0 Å². The maximum Gasteiger partial charge on any atom is 0.123 e. The van der Waals surface area contributed by atoms with Gasteiger partial charge in [-0.25, -0.2) is 4.98 Å². The van der Waals surface area contributed by atoms with Gasteiger partial charge in [0.25, 0.3) is 0 Å². The molecule has 0 aliphatic carbocycles. The van der Waals surface area contributed by atoms with Crippen LogP contribution in [-0.2, 0) is 10.3 Å². The average molecular weight is 194 g/mol. The van der Waals surface area contributed by atoms with Crippen molar-refractivity contribution in [2.24, 2.45) is 0 Å². The summed E-state index contributed by atoms with van der Waals surface area (Å²) in [6, 6.07) is 3.53. The lowest BCUT2D eigenvalue weighted by atomic mass is 9.87. The fourth-order valence-corrected chi connectivity index (χ4v) is 1.74. The summed E-state index contributed by atoms with van der Waals surface area (Å²) in [5.74, 6) is 0.447. The van der Waals surface area contributed by atoms with Gasteiger partial charge in [-0.2, -0.15) is 0 Å². The number of aromatic nitrogens is 1. The molecule has 1 fully saturated rings. The molecule has 0 bridgehead atoms. The van der Waals surface area contributed by atoms with Gasteiger partial charge in [-0.1, -0.05) is 0 Å². The second-order valence-electron chi connectivity index (χ2n) is 3.61. The van der Waals surface area contributed by atoms with Crippen LogP contribution in [0.15, 0.2) is 18.3 Å². The number of anilines is 1. The summed E-state index contributed by atoms with van der Waals surface area (Å²) in [5, 5.41) is 10.3. The Bertz CT molecular complexity index is 322. The normalized spacial score (nSPS) is 20.6. The number of nitrogens with zero attached hydrogens (tertiary/aromatic N) is 1. The molecule has 0 amide bonds. The van der Waals surface area contributed by atoms with E-state index in [-0.39, 0.29) is 0 Å². The largest absolute Gasteiger partial charge is 0.385 e. The second kappa shape index (κ2) is 3.55. The summed E-state index contributed by atoms with van der Waals surface area (Å²) < 4.78 is 5.21. The molecule has 14 heavy (non-hydrogen) atoms. The molecule has 0 unspecified atom stereocenters. The van der Waals surface area contributed by atoms with E-state index in [1.54, 1.807) is 12.3 Å². The highest BCUT2D eigenvalue weighted by Crippen LogP contribution is 2.31. The predicted molar refractivity (Wildman–Crippen MR) is 52.6 cm³/mol. The van der Waals surface area contributed by atoms with Gasteiger partial charge in [0, 0.05) is 32.3 Å². The van der Waals surface area contributed by atoms with Gasteiger partial charge in [0.05, 0.1) is 5.60 Å². The van der Waals surface area contributed by atoms with Crippen LogP contribution in [-0.4, -0.2) is 23.3 Å². The molecule has 1 aliphatic rings. The third kappa shape index (κ3) is 1.71. The first-order valence-corrected chi connectivity index (χ1v) is 4.73. The third-order valence-corrected chi connectivity index (χ3v) is 2.64. The minimum Gasteiger partial charge on any atom is -0.385 e. The number of hydrogen-bond acceptors (Lipinski definition) is 4. The minimum absolute atomic E-state index is 0.447. The molecule has 0 spiro atoms. The van der Waals surface area contributed by atoms with Gasteiger partial charge in [-0.15, -0.1) is 0 Å². The lowest BCUT2D eigenvalue weighted by Crippen LogP contribution is -2.33. The van der Waals surface area contributed by atoms with E-state index < -0.39 is 5.60 Å². The lowest BCUT2D eigenvalue weighted by molar-refractivity contribution is -0.0679. The highest BCUT2D eigenvalue weighted by atomic mass is 16.5. The van der Waals surface area contributed by atoms with E-state index in [9.17, 15) is 5.11 Å². The minimum atomic E-state index is -0.782. The smallest absolute Gasteiger partial charge is 0.123 e. The highest BCUT2D eigenvalue weighted by Gasteiger charge is 2.31. The molecule has 2 rings (SSSR count). The molecule has 4 nitrogen and oxygen atoms in total. The van der Waals surface area contributed by atoms with Crippen molar-refractivity contribution in [3.63, 3.8) is 0 Å². The second-order valence-corrected chi connectivity index (χ2v) is 3.61. The van der Waals surface area contributed by atoms with Crippen LogP contribution in [0.3, 0.4) is 0 Å². The van der Waals surface area contributed by atoms with Crippen LogP contribution in [0, 0.1) is 0 Å². The van der Waals surface area contributed by atoms with Crippen molar-refractivity contribution in [2.75, 3.05) is 18.9 Å². The molecule has 0 saturated carbocycles. The molecule has 0 atom stereocenters. The summed E-state index contributed by atoms with van der Waals surface area (Å²) in [6.07, 6.45) is 2.87. The van der Waals surface area contributed by atoms with Crippen LogP contribution in [0.1, 0.15) is 18.4 Å². The Labute approximate surface area is 82.7 Å². The van der Waals surface area contributed by atoms with E-state index in [1.165, 1.54) is 0 Å². The van der Waals surface area contributed by atoms with Crippen molar-refractivity contribution in [3.8, 4) is 0 Å². The number of ether oxygens (including phenoxy) is 1. The van der Waals surface area contributed by atoms with Gasteiger partial charge < -0.3 is 15.6 Å². The monoisotopic (exact) mass is 194 g/mol. The van der Waals surface area contributed by atoms with E-state index in [2.05, 4.69) is 4.98 Å². The zero-order valence-corrected chi connectivity index (χ0v) is 7.94. The summed E-state index contributed by atoms with van der Waals surface area (Å²) in [5.41, 5.74) is 5.63. The van der Waals surface area contributed by atoms with Crippen LogP contribution in [0.4, 0.5) is 5.82 Å². The third-order valence-electron chi connectivity index (χ3n) is 2.64. The molecule has 2 heterocycles. The molecule has 3 N–H and O–H groups in total. The lowest BCUT2D eigenvalue weighted by Gasteiger charge is -2.32. The molecular formula is C10H14N2O2. The zero-order valence-electron chi connectivity index (χ0n) is 7.94. The number of aliphatic hydroxyl groups is 1. The maximum atomic E-state index is 10.3. The summed E-state index contributed by atoms with van der Waals surface area (Å²) in [6.45, 7) is 1.19. The number of rotatable bonds is 1. The number of nitrogens with two attached hydrogens (primary N) is 1. The molecule has 1 aromatic rings. The summed E-state index contributed by atoms with van der Waals surface area (Å²) in [7, 11) is 0. The quantitative estimate of drug-likeness (QED) is 0.689. The van der Waals surface area contributed by atoms with Crippen molar-refractivity contribution in [1.82, 2.24) is 4.98 Å². The first-order valence-electron chi connectivity index (χ1n) is 4.73. The average Bonchev–Trinajstić information content (AvgIpc) is 2.19. The van der Waals surface area contributed by atoms with Crippen LogP contribution < -0.4 is 5.73 Å². The molecular weight excluding hydrogens is 180 g/mol. The van der Waals surface area contributed by atoms with Crippen molar-refractivity contribution in [3.05, 3.63) is 23.9 Å². The van der Waals surface area contributed by atoms with Crippen LogP contribution in [0.25, 0.3) is 0 Å². The van der Waals surface area contributed by atoms with Crippen LogP contribution in [0.2, 0.25) is 0 Å². The molecule has 1 aliphatic heterocycles. The van der Waals surface area contributed by atoms with Gasteiger partial charge in [0.15, 0.2) is 0 Å². The predicted octanol–water partition coefficient (Wildman–Crippen LogP) is 0.662. The first kappa shape index (κ1) is 9.43. The zero-order chi connectivity index (χ0) is 10.0. The highest BCUT2D eigenvalue weighted by molar-refractivity contribution is 5.35. The Hall–Kier alpha value is -1.13. The summed E-state index contributed by atoms with van der Waals surface area (Å²) >= 11 is 0. The Morgan fingerprint density at radius 3 is 2.79 bits per heavy atom. The van der Waals surface area contributed by atoms with Gasteiger partial charge in [-0.05, 0) is 17.7 Å². The van der Waals surface area contributed by atoms with Crippen LogP contribution >= 0.6 is 0 Å². The van der Waals surface area contributed by atoms with Crippen molar-refractivity contribution in [2.45, 2.75) is 18.4 Å². The maximum absolute atomic E-state index is 10.3. The summed E-state index contributed by atoms with van der Waals surface area (Å²) in [4.78, 5) is 3.90. The first-order chi connectivity index (χ1) is 6.71. The van der Waals surface area contributed by atoms with E-state index in [4.69, 9.17) is 10.5 Å².